The smallest absolute Gasteiger partial charge is 0.233 e. The van der Waals surface area contributed by atoms with E-state index in [-0.39, 0.29) is 0 Å². The van der Waals surface area contributed by atoms with Crippen molar-refractivity contribution < 1.29 is 0 Å². The molecule has 2 rings (SSSR count). The van der Waals surface area contributed by atoms with Crippen molar-refractivity contribution in [3.63, 3.8) is 0 Å². The van der Waals surface area contributed by atoms with E-state index >= 15 is 0 Å². The van der Waals surface area contributed by atoms with E-state index in [1.807, 2.05) is 24.3 Å². The van der Waals surface area contributed by atoms with E-state index in [1.54, 1.807) is 7.05 Å². The highest BCUT2D eigenvalue weighted by molar-refractivity contribution is 6.30. The number of hydrogen-bond acceptors (Lipinski definition) is 6. The summed E-state index contributed by atoms with van der Waals surface area (Å²) in [4.78, 5) is 15.2. The zero-order valence-electron chi connectivity index (χ0n) is 12.4. The van der Waals surface area contributed by atoms with E-state index in [4.69, 9.17) is 11.6 Å². The molecule has 6 nitrogen and oxygen atoms in total. The van der Waals surface area contributed by atoms with Crippen LogP contribution in [0.15, 0.2) is 24.3 Å². The molecule has 0 spiro atoms. The third-order valence-electron chi connectivity index (χ3n) is 2.99. The molecule has 7 heteroatoms. The third kappa shape index (κ3) is 3.95. The molecule has 0 aliphatic rings. The Morgan fingerprint density at radius 3 is 2.19 bits per heavy atom. The maximum absolute atomic E-state index is 5.88. The molecule has 0 unspecified atom stereocenters. The molecule has 0 fully saturated rings. The highest BCUT2D eigenvalue weighted by Crippen LogP contribution is 2.19. The normalized spacial score (nSPS) is 10.3. The summed E-state index contributed by atoms with van der Waals surface area (Å²) < 4.78 is 0. The Morgan fingerprint density at radius 2 is 1.62 bits per heavy atom. The molecule has 0 amide bonds. The minimum absolute atomic E-state index is 0.499. The standard InChI is InChI=1S/C14H19ClN6/c1-4-21(5-2)14-19-12(16-3)18-13(20-14)17-11-8-6-10(15)7-9-11/h6-9H,4-5H2,1-3H3,(H2,16,17,18,19,20). The van der Waals surface area contributed by atoms with E-state index in [0.717, 1.165) is 18.8 Å². The third-order valence-corrected chi connectivity index (χ3v) is 3.25. The predicted molar refractivity (Wildman–Crippen MR) is 87.7 cm³/mol. The first kappa shape index (κ1) is 15.3. The van der Waals surface area contributed by atoms with Crippen LogP contribution in [0.3, 0.4) is 0 Å². The Hall–Kier alpha value is -2.08. The topological polar surface area (TPSA) is 66.0 Å². The Balaban J connectivity index is 2.29. The van der Waals surface area contributed by atoms with E-state index in [0.29, 0.717) is 22.9 Å². The van der Waals surface area contributed by atoms with Crippen LogP contribution < -0.4 is 15.5 Å². The summed E-state index contributed by atoms with van der Waals surface area (Å²) in [7, 11) is 1.79. The lowest BCUT2D eigenvalue weighted by atomic mass is 10.3. The van der Waals surface area contributed by atoms with Crippen molar-refractivity contribution in [3.8, 4) is 0 Å². The number of rotatable bonds is 6. The van der Waals surface area contributed by atoms with Crippen LogP contribution in [-0.4, -0.2) is 35.1 Å². The molecule has 0 atom stereocenters. The molecule has 1 heterocycles. The molecule has 0 radical (unpaired) electrons. The first-order valence-corrected chi connectivity index (χ1v) is 7.25. The first-order valence-electron chi connectivity index (χ1n) is 6.87. The quantitative estimate of drug-likeness (QED) is 0.854. The number of benzene rings is 1. The van der Waals surface area contributed by atoms with Gasteiger partial charge >= 0.3 is 0 Å². The van der Waals surface area contributed by atoms with E-state index in [2.05, 4.69) is 44.3 Å². The van der Waals surface area contributed by atoms with Crippen LogP contribution in [0.4, 0.5) is 23.5 Å². The van der Waals surface area contributed by atoms with Gasteiger partial charge in [-0.15, -0.1) is 0 Å². The number of hydrogen-bond donors (Lipinski definition) is 2. The maximum Gasteiger partial charge on any atom is 0.233 e. The van der Waals surface area contributed by atoms with Gasteiger partial charge in [-0.1, -0.05) is 11.6 Å². The molecule has 0 aliphatic carbocycles. The van der Waals surface area contributed by atoms with Gasteiger partial charge in [-0.25, -0.2) is 0 Å². The Labute approximate surface area is 129 Å². The van der Waals surface area contributed by atoms with Crippen molar-refractivity contribution in [2.75, 3.05) is 35.7 Å². The van der Waals surface area contributed by atoms with Crippen LogP contribution in [0.2, 0.25) is 5.02 Å². The van der Waals surface area contributed by atoms with Crippen LogP contribution in [0, 0.1) is 0 Å². The Bertz CT molecular complexity index is 583. The van der Waals surface area contributed by atoms with Crippen molar-refractivity contribution in [1.29, 1.82) is 0 Å². The van der Waals surface area contributed by atoms with Crippen LogP contribution >= 0.6 is 11.6 Å². The lowest BCUT2D eigenvalue weighted by molar-refractivity contribution is 0.815. The van der Waals surface area contributed by atoms with Gasteiger partial charge in [-0.05, 0) is 38.1 Å². The Kier molecular flexibility index (Phi) is 5.16. The molecular weight excluding hydrogens is 288 g/mol. The summed E-state index contributed by atoms with van der Waals surface area (Å²) in [5, 5.41) is 6.81. The molecule has 0 bridgehead atoms. The Morgan fingerprint density at radius 1 is 1.00 bits per heavy atom. The lowest BCUT2D eigenvalue weighted by Crippen LogP contribution is -2.25. The van der Waals surface area contributed by atoms with Crippen molar-refractivity contribution in [3.05, 3.63) is 29.3 Å². The molecular formula is C14H19ClN6. The largest absolute Gasteiger partial charge is 0.357 e. The van der Waals surface area contributed by atoms with E-state index in [9.17, 15) is 0 Å². The monoisotopic (exact) mass is 306 g/mol. The predicted octanol–water partition coefficient (Wildman–Crippen LogP) is 3.16. The second-order valence-electron chi connectivity index (χ2n) is 4.34. The highest BCUT2D eigenvalue weighted by atomic mass is 35.5. The average molecular weight is 307 g/mol. The van der Waals surface area contributed by atoms with Crippen molar-refractivity contribution in [2.45, 2.75) is 13.8 Å². The van der Waals surface area contributed by atoms with Gasteiger partial charge in [-0.3, -0.25) is 0 Å². The molecule has 0 saturated carbocycles. The summed E-state index contributed by atoms with van der Waals surface area (Å²) in [6.07, 6.45) is 0. The minimum Gasteiger partial charge on any atom is -0.357 e. The fourth-order valence-corrected chi connectivity index (χ4v) is 1.97. The van der Waals surface area contributed by atoms with Gasteiger partial charge in [0, 0.05) is 30.8 Å². The van der Waals surface area contributed by atoms with Crippen molar-refractivity contribution >= 4 is 35.1 Å². The van der Waals surface area contributed by atoms with Gasteiger partial charge in [0.25, 0.3) is 0 Å². The number of nitrogens with zero attached hydrogens (tertiary/aromatic N) is 4. The van der Waals surface area contributed by atoms with Gasteiger partial charge in [0.1, 0.15) is 0 Å². The average Bonchev–Trinajstić information content (AvgIpc) is 2.50. The number of aromatic nitrogens is 3. The SMILES string of the molecule is CCN(CC)c1nc(NC)nc(Nc2ccc(Cl)cc2)n1. The second-order valence-corrected chi connectivity index (χ2v) is 4.77. The fourth-order valence-electron chi connectivity index (χ4n) is 1.84. The fraction of sp³-hybridized carbons (Fsp3) is 0.357. The van der Waals surface area contributed by atoms with Gasteiger partial charge in [0.15, 0.2) is 0 Å². The molecule has 112 valence electrons. The summed E-state index contributed by atoms with van der Waals surface area (Å²) in [6.45, 7) is 5.81. The summed E-state index contributed by atoms with van der Waals surface area (Å²) in [5.74, 6) is 1.68. The molecule has 2 N–H and O–H groups in total. The summed E-state index contributed by atoms with van der Waals surface area (Å²) >= 11 is 5.88. The molecule has 1 aromatic heterocycles. The second kappa shape index (κ2) is 7.08. The van der Waals surface area contributed by atoms with Gasteiger partial charge in [-0.2, -0.15) is 15.0 Å². The highest BCUT2D eigenvalue weighted by Gasteiger charge is 2.10. The number of halogens is 1. The molecule has 21 heavy (non-hydrogen) atoms. The minimum atomic E-state index is 0.499. The molecule has 1 aromatic carbocycles. The lowest BCUT2D eigenvalue weighted by Gasteiger charge is -2.19. The summed E-state index contributed by atoms with van der Waals surface area (Å²) in [5.41, 5.74) is 0.873. The zero-order valence-corrected chi connectivity index (χ0v) is 13.1. The molecule has 0 aliphatic heterocycles. The van der Waals surface area contributed by atoms with Gasteiger partial charge in [0.05, 0.1) is 0 Å². The molecule has 0 saturated heterocycles. The maximum atomic E-state index is 5.88. The number of anilines is 4. The van der Waals surface area contributed by atoms with Crippen LogP contribution in [0.25, 0.3) is 0 Å². The summed E-state index contributed by atoms with van der Waals surface area (Å²) in [6, 6.07) is 7.38. The van der Waals surface area contributed by atoms with Crippen LogP contribution in [0.5, 0.6) is 0 Å². The van der Waals surface area contributed by atoms with Crippen LogP contribution in [0.1, 0.15) is 13.8 Å². The molecule has 2 aromatic rings. The van der Waals surface area contributed by atoms with Crippen LogP contribution in [-0.2, 0) is 0 Å². The van der Waals surface area contributed by atoms with E-state index in [1.165, 1.54) is 0 Å². The van der Waals surface area contributed by atoms with Crippen molar-refractivity contribution in [1.82, 2.24) is 15.0 Å². The zero-order chi connectivity index (χ0) is 15.2. The van der Waals surface area contributed by atoms with E-state index < -0.39 is 0 Å². The first-order chi connectivity index (χ1) is 10.2. The van der Waals surface area contributed by atoms with Gasteiger partial charge in [0.2, 0.25) is 17.8 Å². The van der Waals surface area contributed by atoms with Crippen molar-refractivity contribution in [2.24, 2.45) is 0 Å². The number of nitrogens with one attached hydrogen (secondary N) is 2. The van der Waals surface area contributed by atoms with Gasteiger partial charge < -0.3 is 15.5 Å².